The maximum absolute atomic E-state index is 15.3. The van der Waals surface area contributed by atoms with E-state index in [4.69, 9.17) is 49.1 Å². The van der Waals surface area contributed by atoms with Crippen LogP contribution in [-0.2, 0) is 45.8 Å². The van der Waals surface area contributed by atoms with Crippen molar-refractivity contribution in [2.75, 3.05) is 122 Å². The molecule has 0 amide bonds. The van der Waals surface area contributed by atoms with E-state index >= 15 is 8.78 Å². The van der Waals surface area contributed by atoms with Crippen LogP contribution in [-0.4, -0.2) is 166 Å². The number of nitrogen functional groups attached to an aromatic ring is 1. The van der Waals surface area contributed by atoms with Gasteiger partial charge in [-0.05, 0) is 58.5 Å². The molecule has 0 aliphatic carbocycles. The smallest absolute Gasteiger partial charge is 0.322 e. The molecule has 2 atom stereocenters. The molecule has 3 aromatic carbocycles. The fourth-order valence-electron chi connectivity index (χ4n) is 10.7. The molecule has 3 aliphatic rings. The third-order valence-electron chi connectivity index (χ3n) is 15.5. The predicted octanol–water partition coefficient (Wildman–Crippen LogP) is 8.01. The van der Waals surface area contributed by atoms with Crippen LogP contribution in [0, 0.1) is 6.92 Å². The molecule has 2 unspecified atom stereocenters. The first-order valence-corrected chi connectivity index (χ1v) is 31.5. The molecule has 6 aromatic heterocycles. The maximum atomic E-state index is 15.3. The number of anilines is 7. The van der Waals surface area contributed by atoms with Crippen molar-refractivity contribution in [2.45, 2.75) is 50.7 Å². The summed E-state index contributed by atoms with van der Waals surface area (Å²) in [5.41, 5.74) is 22.0. The highest BCUT2D eigenvalue weighted by atomic mass is 19.3. The van der Waals surface area contributed by atoms with E-state index < -0.39 is 18.2 Å². The Balaban J connectivity index is 0.684. The van der Waals surface area contributed by atoms with E-state index in [1.165, 1.54) is 18.3 Å². The number of aryl methyl sites for hydroxylation is 1. The Morgan fingerprint density at radius 3 is 1.64 bits per heavy atom. The highest BCUT2D eigenvalue weighted by Crippen LogP contribution is 2.30. The number of alkyl halides is 2. The van der Waals surface area contributed by atoms with Gasteiger partial charge in [-0.1, -0.05) is 90.5 Å². The SMILES string of the molecule is Cc1cccc(/C=N/Nc2cc(N3CCOC(Cc4cccc(/C=N/Nc5cc(N6CCOC(Cc7cccc(/C=N/Nc8cc(N9CCOCC9)nc(OCCc9ccc(N)nc9)n8)c7)C6)nc(OCCc6cnccn6)n5)c4)C3)nc(OCC(F)(F)c3ccccn3)n2)c1. The van der Waals surface area contributed by atoms with E-state index in [-0.39, 0.29) is 42.7 Å². The maximum Gasteiger partial charge on any atom is 0.322 e. The molecule has 3 aliphatic heterocycles. The van der Waals surface area contributed by atoms with Crippen molar-refractivity contribution in [3.63, 3.8) is 0 Å². The zero-order valence-electron chi connectivity index (χ0n) is 52.8. The number of ether oxygens (including phenoxy) is 6. The first-order chi connectivity index (χ1) is 47.0. The molecule has 3 fully saturated rings. The number of rotatable bonds is 28. The molecule has 0 radical (unpaired) electrons. The predicted molar refractivity (Wildman–Crippen MR) is 361 cm³/mol. The largest absolute Gasteiger partial charge is 0.463 e. The number of hydrazone groups is 3. The number of hydrogen-bond donors (Lipinski definition) is 4. The number of morpholine rings is 3. The fourth-order valence-corrected chi connectivity index (χ4v) is 10.7. The number of benzene rings is 3. The number of halogens is 2. The summed E-state index contributed by atoms with van der Waals surface area (Å²) >= 11 is 0. The molecule has 9 aromatic rings. The van der Waals surface area contributed by atoms with Crippen LogP contribution in [0.3, 0.4) is 0 Å². The molecule has 26 nitrogen and oxygen atoms in total. The quantitative estimate of drug-likeness (QED) is 0.0267. The van der Waals surface area contributed by atoms with Gasteiger partial charge in [0.2, 0.25) is 0 Å². The molecule has 9 heterocycles. The summed E-state index contributed by atoms with van der Waals surface area (Å²) in [6.45, 7) is 7.05. The van der Waals surface area contributed by atoms with E-state index in [1.54, 1.807) is 61.6 Å². The molecule has 0 spiro atoms. The summed E-state index contributed by atoms with van der Waals surface area (Å²) in [6, 6.07) is 37.5. The van der Waals surface area contributed by atoms with Gasteiger partial charge in [0, 0.05) is 114 Å². The molecular formula is C68H72F2N20O6. The monoisotopic (exact) mass is 1300 g/mol. The Morgan fingerprint density at radius 2 is 1.09 bits per heavy atom. The highest BCUT2D eigenvalue weighted by molar-refractivity contribution is 5.82. The Labute approximate surface area is 553 Å². The number of nitrogens with zero attached hydrogens (tertiary/aromatic N) is 16. The van der Waals surface area contributed by atoms with Crippen LogP contribution in [0.4, 0.5) is 49.5 Å². The molecule has 12 rings (SSSR count). The Bertz CT molecular complexity index is 4090. The van der Waals surface area contributed by atoms with Crippen molar-refractivity contribution >= 4 is 59.4 Å². The van der Waals surface area contributed by atoms with E-state index in [0.29, 0.717) is 133 Å². The Kier molecular flexibility index (Phi) is 21.9. The zero-order chi connectivity index (χ0) is 65.7. The van der Waals surface area contributed by atoms with Crippen molar-refractivity contribution in [2.24, 2.45) is 15.3 Å². The van der Waals surface area contributed by atoms with Gasteiger partial charge in [-0.3, -0.25) is 31.2 Å². The molecule has 96 heavy (non-hydrogen) atoms. The minimum atomic E-state index is -3.40. The summed E-state index contributed by atoms with van der Waals surface area (Å²) in [7, 11) is 0. The summed E-state index contributed by atoms with van der Waals surface area (Å²) in [4.78, 5) is 50.8. The van der Waals surface area contributed by atoms with Gasteiger partial charge in [-0.2, -0.15) is 54.0 Å². The Morgan fingerprint density at radius 1 is 0.542 bits per heavy atom. The summed E-state index contributed by atoms with van der Waals surface area (Å²) < 4.78 is 66.6. The third kappa shape index (κ3) is 19.1. The lowest BCUT2D eigenvalue weighted by atomic mass is 10.0. The average molecular weight is 1300 g/mol. The van der Waals surface area contributed by atoms with Gasteiger partial charge in [0.25, 0.3) is 0 Å². The molecule has 0 bridgehead atoms. The standard InChI is InChI=1S/C68H72F2N20O6/c1-47-7-4-10-51(31-47)40-76-87-61-38-64(84-67(81-61)96-46-68(69,70)57-13-2-3-18-74-57)90-24-30-93-56(45-90)35-50-9-6-12-53(33-50)42-78-86-60-37-63(83-66(80-60)95-26-17-54-43-72-19-20-73-54)89-23-29-92-55(44-89)34-49-8-5-11-52(32-49)41-77-85-59-36-62(88-21-27-91-28-22-88)82-65(79-59)94-25-16-48-14-15-58(71)75-39-48/h2-15,18-20,31-33,36-43,55-56H,16-17,21-30,34-35,44-46H2,1H3,(H2,71,75)(H,79,82,85)(H,80,83,86)(H,81,84,87)/b76-40+,77-41+,78-42+. The summed E-state index contributed by atoms with van der Waals surface area (Å²) in [6.07, 6.45) is 15.0. The molecular weight excluding hydrogens is 1230 g/mol. The van der Waals surface area contributed by atoms with Crippen molar-refractivity contribution in [3.05, 3.63) is 203 Å². The van der Waals surface area contributed by atoms with Gasteiger partial charge in [0.1, 0.15) is 29.0 Å². The first kappa shape index (κ1) is 65.1. The molecule has 3 saturated heterocycles. The van der Waals surface area contributed by atoms with Gasteiger partial charge >= 0.3 is 24.0 Å². The van der Waals surface area contributed by atoms with E-state index in [9.17, 15) is 0 Å². The van der Waals surface area contributed by atoms with Crippen molar-refractivity contribution < 1.29 is 37.2 Å². The Hall–Kier alpha value is -11.0. The van der Waals surface area contributed by atoms with Crippen molar-refractivity contribution in [1.29, 1.82) is 0 Å². The van der Waals surface area contributed by atoms with E-state index in [0.717, 1.165) is 44.6 Å². The van der Waals surface area contributed by atoms with Crippen LogP contribution < -0.4 is 50.9 Å². The second-order valence-corrected chi connectivity index (χ2v) is 22.8. The van der Waals surface area contributed by atoms with Crippen LogP contribution in [0.2, 0.25) is 0 Å². The topological polar surface area (TPSA) is 293 Å². The highest BCUT2D eigenvalue weighted by Gasteiger charge is 2.35. The summed E-state index contributed by atoms with van der Waals surface area (Å²) in [5.74, 6) is 0.0318. The average Bonchev–Trinajstić information content (AvgIpc) is 0.924. The number of nitrogens with one attached hydrogen (secondary N) is 3. The number of hydrogen-bond acceptors (Lipinski definition) is 26. The molecule has 28 heteroatoms. The zero-order valence-corrected chi connectivity index (χ0v) is 52.8. The van der Waals surface area contributed by atoms with Gasteiger partial charge in [0.15, 0.2) is 24.1 Å². The molecule has 0 saturated carbocycles. The number of pyridine rings is 2. The number of nitrogens with two attached hydrogens (primary N) is 1. The number of aromatic nitrogens is 10. The lowest BCUT2D eigenvalue weighted by Crippen LogP contribution is -2.44. The minimum absolute atomic E-state index is 0.170. The van der Waals surface area contributed by atoms with Crippen LogP contribution in [0.1, 0.15) is 50.3 Å². The first-order valence-electron chi connectivity index (χ1n) is 31.5. The van der Waals surface area contributed by atoms with Gasteiger partial charge in [-0.15, -0.1) is 0 Å². The normalized spacial score (nSPS) is 16.1. The van der Waals surface area contributed by atoms with Crippen molar-refractivity contribution in [1.82, 2.24) is 49.8 Å². The van der Waals surface area contributed by atoms with E-state index in [2.05, 4.69) is 88.4 Å². The summed E-state index contributed by atoms with van der Waals surface area (Å²) in [5, 5.41) is 13.6. The molecule has 494 valence electrons. The lowest BCUT2D eigenvalue weighted by Gasteiger charge is -2.34. The lowest BCUT2D eigenvalue weighted by molar-refractivity contribution is -0.0527. The van der Waals surface area contributed by atoms with Crippen molar-refractivity contribution in [3.8, 4) is 18.0 Å². The van der Waals surface area contributed by atoms with Crippen LogP contribution in [0.5, 0.6) is 18.0 Å². The third-order valence-corrected chi connectivity index (χ3v) is 15.5. The molecule has 5 N–H and O–H groups in total. The van der Waals surface area contributed by atoms with Gasteiger partial charge in [-0.25, -0.2) is 4.98 Å². The van der Waals surface area contributed by atoms with Crippen LogP contribution >= 0.6 is 0 Å². The fraction of sp³-hybridized carbons (Fsp3) is 0.309. The van der Waals surface area contributed by atoms with Gasteiger partial charge < -0.3 is 48.9 Å². The minimum Gasteiger partial charge on any atom is -0.463 e. The second-order valence-electron chi connectivity index (χ2n) is 22.8. The van der Waals surface area contributed by atoms with Gasteiger partial charge in [0.05, 0.1) is 76.2 Å². The van der Waals surface area contributed by atoms with Crippen LogP contribution in [0.15, 0.2) is 168 Å². The van der Waals surface area contributed by atoms with E-state index in [1.807, 2.05) is 90.7 Å². The second kappa shape index (κ2) is 32.2. The van der Waals surface area contributed by atoms with Crippen LogP contribution in [0.25, 0.3) is 0 Å².